The van der Waals surface area contributed by atoms with Gasteiger partial charge in [0.15, 0.2) is 5.58 Å². The molecule has 1 aliphatic heterocycles. The van der Waals surface area contributed by atoms with Crippen molar-refractivity contribution in [2.75, 3.05) is 6.54 Å². The lowest BCUT2D eigenvalue weighted by Crippen LogP contribution is -2.32. The van der Waals surface area contributed by atoms with Crippen molar-refractivity contribution in [1.29, 1.82) is 0 Å². The summed E-state index contributed by atoms with van der Waals surface area (Å²) < 4.78 is 11.1. The average Bonchev–Trinajstić information content (AvgIpc) is 3.00. The molecule has 108 valence electrons. The van der Waals surface area contributed by atoms with Crippen LogP contribution < -0.4 is 11.1 Å². The Bertz CT molecular complexity index is 646. The Labute approximate surface area is 117 Å². The lowest BCUT2D eigenvalue weighted by molar-refractivity contribution is 0.0320. The van der Waals surface area contributed by atoms with Crippen molar-refractivity contribution in [2.24, 2.45) is 0 Å². The molecule has 3 unspecified atom stereocenters. The molecule has 0 saturated carbocycles. The molecule has 2 aromatic rings. The lowest BCUT2D eigenvalue weighted by Gasteiger charge is -2.24. The van der Waals surface area contributed by atoms with E-state index in [0.717, 1.165) is 30.5 Å². The van der Waals surface area contributed by atoms with Gasteiger partial charge < -0.3 is 14.5 Å². The molecule has 0 bridgehead atoms. The van der Waals surface area contributed by atoms with Gasteiger partial charge in [-0.1, -0.05) is 13.0 Å². The van der Waals surface area contributed by atoms with E-state index in [1.54, 1.807) is 0 Å². The Morgan fingerprint density at radius 3 is 3.00 bits per heavy atom. The van der Waals surface area contributed by atoms with Crippen LogP contribution in [0.1, 0.15) is 38.3 Å². The fraction of sp³-hybridized carbons (Fsp3) is 0.533. The average molecular weight is 276 g/mol. The number of aromatic nitrogens is 1. The maximum absolute atomic E-state index is 11.2. The second kappa shape index (κ2) is 5.42. The van der Waals surface area contributed by atoms with E-state index in [2.05, 4.69) is 24.1 Å². The number of fused-ring (bicyclic) bond motifs is 1. The van der Waals surface area contributed by atoms with Gasteiger partial charge in [0.2, 0.25) is 0 Å². The number of oxazole rings is 1. The minimum Gasteiger partial charge on any atom is -0.408 e. The number of rotatable bonds is 4. The van der Waals surface area contributed by atoms with Crippen molar-refractivity contribution < 1.29 is 9.15 Å². The highest BCUT2D eigenvalue weighted by atomic mass is 16.5. The van der Waals surface area contributed by atoms with E-state index in [0.29, 0.717) is 11.7 Å². The van der Waals surface area contributed by atoms with Gasteiger partial charge in [-0.3, -0.25) is 4.98 Å². The first-order valence-corrected chi connectivity index (χ1v) is 7.19. The molecular formula is C15H20N2O3. The topological polar surface area (TPSA) is 67.3 Å². The van der Waals surface area contributed by atoms with Gasteiger partial charge >= 0.3 is 5.76 Å². The zero-order valence-electron chi connectivity index (χ0n) is 11.8. The molecule has 0 radical (unpaired) electrons. The van der Waals surface area contributed by atoms with E-state index in [-0.39, 0.29) is 12.1 Å². The largest absolute Gasteiger partial charge is 0.417 e. The van der Waals surface area contributed by atoms with Gasteiger partial charge in [0.25, 0.3) is 0 Å². The molecular weight excluding hydrogens is 256 g/mol. The lowest BCUT2D eigenvalue weighted by atomic mass is 9.98. The zero-order chi connectivity index (χ0) is 14.1. The smallest absolute Gasteiger partial charge is 0.408 e. The number of hydrogen-bond donors (Lipinski definition) is 2. The second-order valence-corrected chi connectivity index (χ2v) is 5.37. The third-order valence-corrected chi connectivity index (χ3v) is 3.86. The van der Waals surface area contributed by atoms with Gasteiger partial charge in [-0.2, -0.15) is 0 Å². The van der Waals surface area contributed by atoms with Crippen LogP contribution in [0.5, 0.6) is 0 Å². The molecule has 3 atom stereocenters. The first kappa shape index (κ1) is 13.4. The highest BCUT2D eigenvalue weighted by Gasteiger charge is 2.30. The highest BCUT2D eigenvalue weighted by molar-refractivity contribution is 5.72. The molecule has 0 amide bonds. The summed E-state index contributed by atoms with van der Waals surface area (Å²) in [6.07, 6.45) is 2.63. The summed E-state index contributed by atoms with van der Waals surface area (Å²) in [5.74, 6) is -0.414. The Morgan fingerprint density at radius 2 is 2.30 bits per heavy atom. The summed E-state index contributed by atoms with van der Waals surface area (Å²) in [6, 6.07) is 5.97. The van der Waals surface area contributed by atoms with Crippen molar-refractivity contribution in [3.63, 3.8) is 0 Å². The van der Waals surface area contributed by atoms with Crippen LogP contribution in [-0.2, 0) is 4.74 Å². The maximum Gasteiger partial charge on any atom is 0.417 e. The second-order valence-electron chi connectivity index (χ2n) is 5.37. The molecule has 1 aromatic heterocycles. The van der Waals surface area contributed by atoms with Crippen LogP contribution in [0.4, 0.5) is 0 Å². The number of benzene rings is 1. The molecule has 1 aromatic carbocycles. The van der Waals surface area contributed by atoms with Gasteiger partial charge in [-0.05, 0) is 44.0 Å². The fourth-order valence-corrected chi connectivity index (χ4v) is 2.92. The molecule has 2 heterocycles. The summed E-state index contributed by atoms with van der Waals surface area (Å²) in [5.41, 5.74) is 2.43. The summed E-state index contributed by atoms with van der Waals surface area (Å²) in [7, 11) is 0. The van der Waals surface area contributed by atoms with Gasteiger partial charge in [-0.15, -0.1) is 0 Å². The molecule has 5 heteroatoms. The van der Waals surface area contributed by atoms with Gasteiger partial charge in [-0.25, -0.2) is 4.79 Å². The monoisotopic (exact) mass is 276 g/mol. The minimum atomic E-state index is -0.414. The number of aromatic amines is 1. The van der Waals surface area contributed by atoms with E-state index in [1.807, 2.05) is 18.2 Å². The SMILES string of the molecule is CCNC(c1ccc2[nH]c(=O)oc2c1)C1CCC(C)O1. The van der Waals surface area contributed by atoms with Crippen LogP contribution in [0, 0.1) is 0 Å². The minimum absolute atomic E-state index is 0.134. The van der Waals surface area contributed by atoms with E-state index in [9.17, 15) is 4.79 Å². The third kappa shape index (κ3) is 2.51. The molecule has 1 aliphatic rings. The van der Waals surface area contributed by atoms with Gasteiger partial charge in [0, 0.05) is 0 Å². The first-order chi connectivity index (χ1) is 9.67. The summed E-state index contributed by atoms with van der Waals surface area (Å²) in [6.45, 7) is 5.06. The molecule has 2 N–H and O–H groups in total. The third-order valence-electron chi connectivity index (χ3n) is 3.86. The summed E-state index contributed by atoms with van der Waals surface area (Å²) >= 11 is 0. The summed E-state index contributed by atoms with van der Waals surface area (Å²) in [4.78, 5) is 13.9. The van der Waals surface area contributed by atoms with Crippen LogP contribution in [0.25, 0.3) is 11.1 Å². The number of nitrogens with one attached hydrogen (secondary N) is 2. The Hall–Kier alpha value is -1.59. The Morgan fingerprint density at radius 1 is 1.45 bits per heavy atom. The molecule has 1 saturated heterocycles. The Balaban J connectivity index is 1.93. The van der Waals surface area contributed by atoms with Crippen LogP contribution >= 0.6 is 0 Å². The van der Waals surface area contributed by atoms with Crippen molar-refractivity contribution in [1.82, 2.24) is 10.3 Å². The predicted molar refractivity (Wildman–Crippen MR) is 76.8 cm³/mol. The van der Waals surface area contributed by atoms with Crippen molar-refractivity contribution >= 4 is 11.1 Å². The molecule has 5 nitrogen and oxygen atoms in total. The predicted octanol–water partition coefficient (Wildman–Crippen LogP) is 2.34. The molecule has 3 rings (SSSR count). The molecule has 20 heavy (non-hydrogen) atoms. The van der Waals surface area contributed by atoms with E-state index in [1.165, 1.54) is 0 Å². The summed E-state index contributed by atoms with van der Waals surface area (Å²) in [5, 5.41) is 3.48. The van der Waals surface area contributed by atoms with Crippen molar-refractivity contribution in [3.05, 3.63) is 34.3 Å². The van der Waals surface area contributed by atoms with Crippen molar-refractivity contribution in [3.8, 4) is 0 Å². The fourth-order valence-electron chi connectivity index (χ4n) is 2.92. The van der Waals surface area contributed by atoms with Gasteiger partial charge in [0.1, 0.15) is 0 Å². The van der Waals surface area contributed by atoms with E-state index >= 15 is 0 Å². The van der Waals surface area contributed by atoms with Gasteiger partial charge in [0.05, 0.1) is 23.8 Å². The number of H-pyrrole nitrogens is 1. The number of ether oxygens (including phenoxy) is 1. The maximum atomic E-state index is 11.2. The molecule has 0 aliphatic carbocycles. The van der Waals surface area contributed by atoms with Crippen LogP contribution in [0.3, 0.4) is 0 Å². The number of likely N-dealkylation sites (N-methyl/N-ethyl adjacent to an activating group) is 1. The Kier molecular flexibility index (Phi) is 3.63. The van der Waals surface area contributed by atoms with E-state index < -0.39 is 5.76 Å². The first-order valence-electron chi connectivity index (χ1n) is 7.19. The van der Waals surface area contributed by atoms with Crippen LogP contribution in [0.2, 0.25) is 0 Å². The van der Waals surface area contributed by atoms with Crippen LogP contribution in [0.15, 0.2) is 27.4 Å². The van der Waals surface area contributed by atoms with Crippen molar-refractivity contribution in [2.45, 2.75) is 44.9 Å². The highest BCUT2D eigenvalue weighted by Crippen LogP contribution is 2.31. The molecule has 0 spiro atoms. The van der Waals surface area contributed by atoms with Crippen LogP contribution in [-0.4, -0.2) is 23.7 Å². The molecule has 1 fully saturated rings. The zero-order valence-corrected chi connectivity index (χ0v) is 11.8. The number of hydrogen-bond acceptors (Lipinski definition) is 4. The van der Waals surface area contributed by atoms with E-state index in [4.69, 9.17) is 9.15 Å². The normalized spacial score (nSPS) is 24.3. The standard InChI is InChI=1S/C15H20N2O3/c1-3-16-14(12-7-4-9(2)19-12)10-5-6-11-13(8-10)20-15(18)17-11/h5-6,8-9,12,14,16H,3-4,7H2,1-2H3,(H,17,18). The quantitative estimate of drug-likeness (QED) is 0.899.